The van der Waals surface area contributed by atoms with Crippen LogP contribution < -0.4 is 5.32 Å². The van der Waals surface area contributed by atoms with E-state index in [4.69, 9.17) is 0 Å². The van der Waals surface area contributed by atoms with Crippen molar-refractivity contribution in [3.8, 4) is 0 Å². The second-order valence-electron chi connectivity index (χ2n) is 9.16. The molecule has 0 spiro atoms. The third-order valence-electron chi connectivity index (χ3n) is 6.45. The molecular weight excluding hydrogens is 464 g/mol. The Morgan fingerprint density at radius 3 is 2.17 bits per heavy atom. The van der Waals surface area contributed by atoms with Crippen LogP contribution in [0.2, 0.25) is 0 Å². The van der Waals surface area contributed by atoms with Gasteiger partial charge in [0.05, 0.1) is 4.90 Å². The molecule has 9 heteroatoms. The fourth-order valence-electron chi connectivity index (χ4n) is 4.19. The first kappa shape index (κ1) is 24.8. The number of aryl methyl sites for hydroxylation is 1. The number of aromatic nitrogens is 2. The summed E-state index contributed by atoms with van der Waals surface area (Å²) in [5.74, 6) is 0.0609. The summed E-state index contributed by atoms with van der Waals surface area (Å²) >= 11 is 0. The number of piperidine rings is 1. The van der Waals surface area contributed by atoms with Crippen molar-refractivity contribution in [2.45, 2.75) is 37.5 Å². The Morgan fingerprint density at radius 1 is 1.00 bits per heavy atom. The van der Waals surface area contributed by atoms with Crippen molar-refractivity contribution in [2.75, 3.05) is 18.4 Å². The Hall–Kier alpha value is -3.30. The molecule has 0 unspecified atom stereocenters. The highest BCUT2D eigenvalue weighted by atomic mass is 32.2. The second-order valence-corrected chi connectivity index (χ2v) is 11.1. The SMILES string of the molecule is CC(C)c1ccc(S(=O)(=O)N2CCC(C(=O)Nc3ccc(C(=O)c4nccn4C)cc3)CC2)cc1. The van der Waals surface area contributed by atoms with Gasteiger partial charge in [0.25, 0.3) is 0 Å². The number of hydrogen-bond acceptors (Lipinski definition) is 5. The standard InChI is InChI=1S/C26H30N4O4S/c1-18(2)19-6-10-23(11-7-19)35(33,34)30-15-12-21(13-16-30)26(32)28-22-8-4-20(5-9-22)24(31)25-27-14-17-29(25)3/h4-11,14,17-18,21H,12-13,15-16H2,1-3H3,(H,28,32). The van der Waals surface area contributed by atoms with Crippen molar-refractivity contribution in [2.24, 2.45) is 13.0 Å². The van der Waals surface area contributed by atoms with Crippen molar-refractivity contribution in [3.05, 3.63) is 77.9 Å². The summed E-state index contributed by atoms with van der Waals surface area (Å²) in [5, 5.41) is 2.89. The van der Waals surface area contributed by atoms with Crippen LogP contribution in [0.25, 0.3) is 0 Å². The van der Waals surface area contributed by atoms with E-state index in [2.05, 4.69) is 24.1 Å². The van der Waals surface area contributed by atoms with Crippen molar-refractivity contribution < 1.29 is 18.0 Å². The zero-order chi connectivity index (χ0) is 25.2. The molecule has 0 bridgehead atoms. The third kappa shape index (κ3) is 5.36. The van der Waals surface area contributed by atoms with Crippen LogP contribution in [0.4, 0.5) is 5.69 Å². The number of nitrogens with one attached hydrogen (secondary N) is 1. The van der Waals surface area contributed by atoms with E-state index < -0.39 is 10.0 Å². The van der Waals surface area contributed by atoms with Crippen LogP contribution >= 0.6 is 0 Å². The van der Waals surface area contributed by atoms with Crippen molar-refractivity contribution >= 4 is 27.4 Å². The number of anilines is 1. The molecule has 184 valence electrons. The molecule has 3 aromatic rings. The minimum Gasteiger partial charge on any atom is -0.331 e. The maximum atomic E-state index is 13.0. The van der Waals surface area contributed by atoms with Gasteiger partial charge in [-0.1, -0.05) is 26.0 Å². The van der Waals surface area contributed by atoms with E-state index in [0.29, 0.717) is 48.9 Å². The van der Waals surface area contributed by atoms with Gasteiger partial charge in [-0.2, -0.15) is 4.31 Å². The van der Waals surface area contributed by atoms with Gasteiger partial charge in [-0.05, 0) is 60.7 Å². The smallest absolute Gasteiger partial charge is 0.243 e. The molecule has 2 aromatic carbocycles. The molecule has 1 N–H and O–H groups in total. The number of carbonyl (C=O) groups excluding carboxylic acids is 2. The van der Waals surface area contributed by atoms with Gasteiger partial charge in [-0.3, -0.25) is 9.59 Å². The number of sulfonamides is 1. The summed E-state index contributed by atoms with van der Waals surface area (Å²) in [4.78, 5) is 29.7. The summed E-state index contributed by atoms with van der Waals surface area (Å²) in [6.45, 7) is 4.72. The lowest BCUT2D eigenvalue weighted by Gasteiger charge is -2.30. The molecule has 1 amide bonds. The molecule has 4 rings (SSSR count). The lowest BCUT2D eigenvalue weighted by Crippen LogP contribution is -2.41. The molecule has 1 aliphatic heterocycles. The quantitative estimate of drug-likeness (QED) is 0.503. The normalized spacial score (nSPS) is 15.3. The fraction of sp³-hybridized carbons (Fsp3) is 0.346. The van der Waals surface area contributed by atoms with Gasteiger partial charge in [0, 0.05) is 49.7 Å². The molecule has 1 aromatic heterocycles. The highest BCUT2D eigenvalue weighted by Crippen LogP contribution is 2.26. The third-order valence-corrected chi connectivity index (χ3v) is 8.36. The van der Waals surface area contributed by atoms with Gasteiger partial charge in [0.1, 0.15) is 0 Å². The Balaban J connectivity index is 1.33. The molecule has 35 heavy (non-hydrogen) atoms. The molecule has 2 heterocycles. The van der Waals surface area contributed by atoms with Crippen LogP contribution in [0.1, 0.15) is 54.4 Å². The number of imidazole rings is 1. The summed E-state index contributed by atoms with van der Waals surface area (Å²) in [6.07, 6.45) is 4.18. The van der Waals surface area contributed by atoms with Gasteiger partial charge in [-0.15, -0.1) is 0 Å². The van der Waals surface area contributed by atoms with Gasteiger partial charge in [0.2, 0.25) is 21.7 Å². The van der Waals surface area contributed by atoms with Crippen LogP contribution in [0, 0.1) is 5.92 Å². The maximum Gasteiger partial charge on any atom is 0.243 e. The average molecular weight is 495 g/mol. The van der Waals surface area contributed by atoms with Crippen LogP contribution in [-0.2, 0) is 21.9 Å². The lowest BCUT2D eigenvalue weighted by atomic mass is 9.97. The van der Waals surface area contributed by atoms with Crippen LogP contribution in [0.5, 0.6) is 0 Å². The zero-order valence-electron chi connectivity index (χ0n) is 20.1. The van der Waals surface area contributed by atoms with E-state index >= 15 is 0 Å². The number of rotatable bonds is 7. The molecule has 8 nitrogen and oxygen atoms in total. The Bertz CT molecular complexity index is 1300. The number of nitrogens with zero attached hydrogens (tertiary/aromatic N) is 3. The first-order valence-corrected chi connectivity index (χ1v) is 13.1. The molecule has 1 saturated heterocycles. The van der Waals surface area contributed by atoms with E-state index in [1.165, 1.54) is 4.31 Å². The zero-order valence-corrected chi connectivity index (χ0v) is 21.0. The predicted octanol–water partition coefficient (Wildman–Crippen LogP) is 3.81. The molecule has 0 saturated carbocycles. The Morgan fingerprint density at radius 2 is 1.63 bits per heavy atom. The lowest BCUT2D eigenvalue weighted by molar-refractivity contribution is -0.120. The molecule has 0 atom stereocenters. The summed E-state index contributed by atoms with van der Waals surface area (Å²) < 4.78 is 29.2. The van der Waals surface area contributed by atoms with Crippen LogP contribution in [-0.4, -0.2) is 47.1 Å². The summed E-state index contributed by atoms with van der Waals surface area (Å²) in [7, 11) is -1.83. The van der Waals surface area contributed by atoms with Gasteiger partial charge >= 0.3 is 0 Å². The van der Waals surface area contributed by atoms with Crippen molar-refractivity contribution in [1.82, 2.24) is 13.9 Å². The van der Waals surface area contributed by atoms with Gasteiger partial charge < -0.3 is 9.88 Å². The number of amides is 1. The Kier molecular flexibility index (Phi) is 7.18. The highest BCUT2D eigenvalue weighted by Gasteiger charge is 2.32. The maximum absolute atomic E-state index is 13.0. The van der Waals surface area contributed by atoms with E-state index in [9.17, 15) is 18.0 Å². The molecule has 1 aliphatic rings. The van der Waals surface area contributed by atoms with Crippen LogP contribution in [0.3, 0.4) is 0 Å². The first-order valence-electron chi connectivity index (χ1n) is 11.7. The second kappa shape index (κ2) is 10.1. The minimum atomic E-state index is -3.58. The van der Waals surface area contributed by atoms with E-state index in [1.807, 2.05) is 12.1 Å². The highest BCUT2D eigenvalue weighted by molar-refractivity contribution is 7.89. The predicted molar refractivity (Wildman–Crippen MR) is 134 cm³/mol. The molecule has 0 radical (unpaired) electrons. The van der Waals surface area contributed by atoms with E-state index in [1.54, 1.807) is 60.4 Å². The van der Waals surface area contributed by atoms with Gasteiger partial charge in [0.15, 0.2) is 5.82 Å². The number of ketones is 1. The van der Waals surface area contributed by atoms with E-state index in [0.717, 1.165) is 5.56 Å². The van der Waals surface area contributed by atoms with Crippen molar-refractivity contribution in [1.29, 1.82) is 0 Å². The molecular formula is C26H30N4O4S. The molecule has 0 aliphatic carbocycles. The topological polar surface area (TPSA) is 101 Å². The molecule has 1 fully saturated rings. The van der Waals surface area contributed by atoms with E-state index in [-0.39, 0.29) is 22.5 Å². The minimum absolute atomic E-state index is 0.147. The fourth-order valence-corrected chi connectivity index (χ4v) is 5.66. The van der Waals surface area contributed by atoms with Crippen molar-refractivity contribution in [3.63, 3.8) is 0 Å². The van der Waals surface area contributed by atoms with Crippen LogP contribution in [0.15, 0.2) is 65.8 Å². The largest absolute Gasteiger partial charge is 0.331 e. The number of carbonyl (C=O) groups is 2. The summed E-state index contributed by atoms with van der Waals surface area (Å²) in [5.41, 5.74) is 2.16. The Labute approximate surface area is 206 Å². The number of hydrogen-bond donors (Lipinski definition) is 1. The number of benzene rings is 2. The average Bonchev–Trinajstić information content (AvgIpc) is 3.30. The van der Waals surface area contributed by atoms with Gasteiger partial charge in [-0.25, -0.2) is 13.4 Å². The monoisotopic (exact) mass is 494 g/mol. The summed E-state index contributed by atoms with van der Waals surface area (Å²) in [6, 6.07) is 13.7. The first-order chi connectivity index (χ1) is 16.7.